The summed E-state index contributed by atoms with van der Waals surface area (Å²) in [6.45, 7) is 0.249. The first kappa shape index (κ1) is 15.6. The number of aliphatic imine (C=N–C) groups is 1. The molecular formula is C16H25N3O2. The maximum absolute atomic E-state index is 10.1. The van der Waals surface area contributed by atoms with Gasteiger partial charge in [0.15, 0.2) is 5.96 Å². The minimum atomic E-state index is -0.674. The molecule has 0 heterocycles. The quantitative estimate of drug-likeness (QED) is 0.572. The second-order valence-electron chi connectivity index (χ2n) is 5.50. The summed E-state index contributed by atoms with van der Waals surface area (Å²) in [6, 6.07) is 7.79. The highest BCUT2D eigenvalue weighted by Crippen LogP contribution is 2.19. The topological polar surface area (TPSA) is 79.9 Å². The van der Waals surface area contributed by atoms with E-state index in [0.717, 1.165) is 24.2 Å². The van der Waals surface area contributed by atoms with Crippen LogP contribution in [0.2, 0.25) is 0 Å². The van der Waals surface area contributed by atoms with Gasteiger partial charge in [0, 0.05) is 6.04 Å². The van der Waals surface area contributed by atoms with Crippen LogP contribution in [0.25, 0.3) is 0 Å². The predicted molar refractivity (Wildman–Crippen MR) is 84.5 cm³/mol. The lowest BCUT2D eigenvalue weighted by Gasteiger charge is -2.23. The fraction of sp³-hybridized carbons (Fsp3) is 0.562. The van der Waals surface area contributed by atoms with Gasteiger partial charge in [-0.05, 0) is 30.5 Å². The van der Waals surface area contributed by atoms with E-state index in [1.807, 2.05) is 24.3 Å². The molecule has 1 aliphatic rings. The molecule has 2 rings (SSSR count). The minimum absolute atomic E-state index is 0.249. The normalized spacial score (nSPS) is 18.3. The van der Waals surface area contributed by atoms with E-state index in [-0.39, 0.29) is 6.54 Å². The Morgan fingerprint density at radius 1 is 1.43 bits per heavy atom. The Hall–Kier alpha value is -1.75. The third-order valence-corrected chi connectivity index (χ3v) is 3.87. The SMILES string of the molecule is COc1cccc(C(O)CN=C(N)NC2CCCCC2)c1. The molecule has 0 radical (unpaired) electrons. The van der Waals surface area contributed by atoms with Crippen molar-refractivity contribution in [1.29, 1.82) is 0 Å². The van der Waals surface area contributed by atoms with Gasteiger partial charge in [0.25, 0.3) is 0 Å². The van der Waals surface area contributed by atoms with E-state index in [4.69, 9.17) is 10.5 Å². The maximum atomic E-state index is 10.1. The standard InChI is InChI=1S/C16H25N3O2/c1-21-14-9-5-6-12(10-14)15(20)11-18-16(17)19-13-7-3-2-4-8-13/h5-6,9-10,13,15,20H,2-4,7-8,11H2,1H3,(H3,17,18,19). The van der Waals surface area contributed by atoms with Crippen LogP contribution < -0.4 is 15.8 Å². The Morgan fingerprint density at radius 3 is 2.90 bits per heavy atom. The van der Waals surface area contributed by atoms with Crippen LogP contribution in [0.4, 0.5) is 0 Å². The van der Waals surface area contributed by atoms with Crippen molar-refractivity contribution >= 4 is 5.96 Å². The van der Waals surface area contributed by atoms with Gasteiger partial charge in [0.05, 0.1) is 19.8 Å². The second-order valence-corrected chi connectivity index (χ2v) is 5.50. The Morgan fingerprint density at radius 2 is 2.19 bits per heavy atom. The van der Waals surface area contributed by atoms with Crippen molar-refractivity contribution < 1.29 is 9.84 Å². The van der Waals surface area contributed by atoms with E-state index in [0.29, 0.717) is 12.0 Å². The first-order valence-corrected chi connectivity index (χ1v) is 7.57. The molecule has 0 aromatic heterocycles. The minimum Gasteiger partial charge on any atom is -0.497 e. The monoisotopic (exact) mass is 291 g/mol. The summed E-state index contributed by atoms with van der Waals surface area (Å²) in [5.41, 5.74) is 6.67. The smallest absolute Gasteiger partial charge is 0.188 e. The molecule has 1 fully saturated rings. The number of ether oxygens (including phenoxy) is 1. The zero-order valence-corrected chi connectivity index (χ0v) is 12.6. The molecule has 0 saturated heterocycles. The highest BCUT2D eigenvalue weighted by molar-refractivity contribution is 5.78. The van der Waals surface area contributed by atoms with E-state index in [9.17, 15) is 5.11 Å². The lowest BCUT2D eigenvalue weighted by molar-refractivity contribution is 0.186. The van der Waals surface area contributed by atoms with Crippen molar-refractivity contribution in [2.45, 2.75) is 44.2 Å². The van der Waals surface area contributed by atoms with Gasteiger partial charge in [-0.1, -0.05) is 31.4 Å². The first-order chi connectivity index (χ1) is 10.2. The largest absolute Gasteiger partial charge is 0.497 e. The third-order valence-electron chi connectivity index (χ3n) is 3.87. The van der Waals surface area contributed by atoms with E-state index < -0.39 is 6.10 Å². The number of nitrogens with zero attached hydrogens (tertiary/aromatic N) is 1. The molecule has 1 saturated carbocycles. The number of nitrogens with one attached hydrogen (secondary N) is 1. The lowest BCUT2D eigenvalue weighted by Crippen LogP contribution is -2.41. The third kappa shape index (κ3) is 4.93. The van der Waals surface area contributed by atoms with Crippen LogP contribution in [0.1, 0.15) is 43.8 Å². The maximum Gasteiger partial charge on any atom is 0.188 e. The molecule has 5 heteroatoms. The van der Waals surface area contributed by atoms with Crippen LogP contribution in [0, 0.1) is 0 Å². The fourth-order valence-electron chi connectivity index (χ4n) is 2.64. The van der Waals surface area contributed by atoms with Crippen molar-refractivity contribution in [2.24, 2.45) is 10.7 Å². The van der Waals surface area contributed by atoms with Crippen LogP contribution in [0.5, 0.6) is 5.75 Å². The van der Waals surface area contributed by atoms with Crippen molar-refractivity contribution in [3.63, 3.8) is 0 Å². The molecule has 0 amide bonds. The second kappa shape index (κ2) is 7.88. The highest BCUT2D eigenvalue weighted by Gasteiger charge is 2.14. The first-order valence-electron chi connectivity index (χ1n) is 7.57. The highest BCUT2D eigenvalue weighted by atomic mass is 16.5. The van der Waals surface area contributed by atoms with Crippen molar-refractivity contribution in [3.05, 3.63) is 29.8 Å². The van der Waals surface area contributed by atoms with Crippen molar-refractivity contribution in [3.8, 4) is 5.75 Å². The van der Waals surface area contributed by atoms with Crippen LogP contribution >= 0.6 is 0 Å². The number of hydrogen-bond acceptors (Lipinski definition) is 3. The predicted octanol–water partition coefficient (Wildman–Crippen LogP) is 1.97. The number of benzene rings is 1. The molecular weight excluding hydrogens is 266 g/mol. The molecule has 1 aliphatic carbocycles. The summed E-state index contributed by atoms with van der Waals surface area (Å²) in [7, 11) is 1.61. The van der Waals surface area contributed by atoms with Crippen LogP contribution in [-0.2, 0) is 0 Å². The molecule has 1 unspecified atom stereocenters. The molecule has 0 bridgehead atoms. The lowest BCUT2D eigenvalue weighted by atomic mass is 9.96. The molecule has 0 spiro atoms. The van der Waals surface area contributed by atoms with Crippen molar-refractivity contribution in [2.75, 3.05) is 13.7 Å². The summed E-state index contributed by atoms with van der Waals surface area (Å²) >= 11 is 0. The van der Waals surface area contributed by atoms with E-state index >= 15 is 0 Å². The number of rotatable bonds is 5. The van der Waals surface area contributed by atoms with Crippen LogP contribution in [0.3, 0.4) is 0 Å². The summed E-state index contributed by atoms with van der Waals surface area (Å²) in [4.78, 5) is 4.24. The zero-order chi connectivity index (χ0) is 15.1. The Balaban J connectivity index is 1.86. The number of nitrogens with two attached hydrogens (primary N) is 1. The number of methoxy groups -OCH3 is 1. The van der Waals surface area contributed by atoms with Gasteiger partial charge in [0.1, 0.15) is 5.75 Å². The average Bonchev–Trinajstić information content (AvgIpc) is 2.53. The number of guanidine groups is 1. The van der Waals surface area contributed by atoms with Gasteiger partial charge in [-0.3, -0.25) is 4.99 Å². The summed E-state index contributed by atoms with van der Waals surface area (Å²) < 4.78 is 5.15. The number of aliphatic hydroxyl groups is 1. The average molecular weight is 291 g/mol. The van der Waals surface area contributed by atoms with Gasteiger partial charge in [-0.25, -0.2) is 0 Å². The number of aliphatic hydroxyl groups excluding tert-OH is 1. The number of hydrogen-bond donors (Lipinski definition) is 3. The Labute approximate surface area is 126 Å². The Bertz CT molecular complexity index is 470. The summed E-state index contributed by atoms with van der Waals surface area (Å²) in [6.07, 6.45) is 5.42. The van der Waals surface area contributed by atoms with Gasteiger partial charge in [-0.15, -0.1) is 0 Å². The van der Waals surface area contributed by atoms with Gasteiger partial charge < -0.3 is 20.9 Å². The summed E-state index contributed by atoms with van der Waals surface area (Å²) in [5.74, 6) is 1.15. The zero-order valence-electron chi connectivity index (χ0n) is 12.6. The Kier molecular flexibility index (Phi) is 5.87. The van der Waals surface area contributed by atoms with Gasteiger partial charge in [0.2, 0.25) is 0 Å². The molecule has 0 aliphatic heterocycles. The summed E-state index contributed by atoms with van der Waals surface area (Å²) in [5, 5.41) is 13.4. The fourth-order valence-corrected chi connectivity index (χ4v) is 2.64. The van der Waals surface area contributed by atoms with E-state index in [2.05, 4.69) is 10.3 Å². The molecule has 1 aromatic rings. The van der Waals surface area contributed by atoms with Crippen LogP contribution in [-0.4, -0.2) is 30.8 Å². The van der Waals surface area contributed by atoms with Crippen LogP contribution in [0.15, 0.2) is 29.3 Å². The van der Waals surface area contributed by atoms with E-state index in [1.165, 1.54) is 19.3 Å². The molecule has 5 nitrogen and oxygen atoms in total. The molecule has 1 atom stereocenters. The molecule has 4 N–H and O–H groups in total. The van der Waals surface area contributed by atoms with Gasteiger partial charge in [-0.2, -0.15) is 0 Å². The van der Waals surface area contributed by atoms with E-state index in [1.54, 1.807) is 7.11 Å². The van der Waals surface area contributed by atoms with Crippen molar-refractivity contribution in [1.82, 2.24) is 5.32 Å². The molecule has 21 heavy (non-hydrogen) atoms. The molecule has 1 aromatic carbocycles. The molecule has 116 valence electrons. The van der Waals surface area contributed by atoms with Gasteiger partial charge >= 0.3 is 0 Å².